The summed E-state index contributed by atoms with van der Waals surface area (Å²) < 4.78 is 2.24. The van der Waals surface area contributed by atoms with E-state index >= 15 is 0 Å². The Kier molecular flexibility index (Phi) is 7.94. The first-order chi connectivity index (χ1) is 15.0. The van der Waals surface area contributed by atoms with Gasteiger partial charge in [-0.3, -0.25) is 0 Å². The Bertz CT molecular complexity index is 1010. The Morgan fingerprint density at radius 3 is 2.55 bits per heavy atom. The predicted octanol–water partition coefficient (Wildman–Crippen LogP) is 6.69. The van der Waals surface area contributed by atoms with E-state index in [1.807, 2.05) is 17.0 Å². The number of carbonyl (C=O) groups excluding carboxylic acids is 1. The summed E-state index contributed by atoms with van der Waals surface area (Å²) in [7, 11) is 0. The van der Waals surface area contributed by atoms with Crippen LogP contribution in [-0.2, 0) is 13.1 Å². The maximum Gasteiger partial charge on any atom is 0.322 e. The molecule has 0 fully saturated rings. The number of aromatic nitrogens is 1. The number of aryl methyl sites for hydroxylation is 3. The molecule has 1 N–H and O–H groups in total. The van der Waals surface area contributed by atoms with E-state index in [-0.39, 0.29) is 6.03 Å². The van der Waals surface area contributed by atoms with Crippen LogP contribution in [0.1, 0.15) is 54.1 Å². The van der Waals surface area contributed by atoms with Crippen molar-refractivity contribution in [2.24, 2.45) is 0 Å². The Morgan fingerprint density at radius 2 is 1.81 bits per heavy atom. The summed E-state index contributed by atoms with van der Waals surface area (Å²) in [5.74, 6) is 0. The van der Waals surface area contributed by atoms with Crippen LogP contribution in [0.5, 0.6) is 0 Å². The van der Waals surface area contributed by atoms with Crippen LogP contribution in [0, 0.1) is 20.8 Å². The third-order valence-corrected chi connectivity index (χ3v) is 5.79. The highest BCUT2D eigenvalue weighted by Crippen LogP contribution is 2.17. The minimum atomic E-state index is -0.0392. The number of hydrogen-bond acceptors (Lipinski definition) is 1. The molecule has 3 rings (SSSR count). The fourth-order valence-electron chi connectivity index (χ4n) is 3.78. The lowest BCUT2D eigenvalue weighted by Crippen LogP contribution is -2.36. The SMILES string of the molecule is CCCCCN(Cc1cccn1Cc1cccc(C)c1)C(=O)Nc1ccc(C)c(C)c1. The third kappa shape index (κ3) is 6.48. The Hall–Kier alpha value is -3.01. The van der Waals surface area contributed by atoms with Crippen LogP contribution in [0.4, 0.5) is 10.5 Å². The van der Waals surface area contributed by atoms with E-state index < -0.39 is 0 Å². The van der Waals surface area contributed by atoms with Gasteiger partial charge in [0.05, 0.1) is 6.54 Å². The van der Waals surface area contributed by atoms with E-state index in [0.29, 0.717) is 6.54 Å². The molecule has 0 saturated carbocycles. The third-order valence-electron chi connectivity index (χ3n) is 5.79. The van der Waals surface area contributed by atoms with Crippen molar-refractivity contribution in [1.29, 1.82) is 0 Å². The largest absolute Gasteiger partial charge is 0.345 e. The molecule has 31 heavy (non-hydrogen) atoms. The van der Waals surface area contributed by atoms with Gasteiger partial charge in [0, 0.05) is 30.7 Å². The molecule has 1 heterocycles. The highest BCUT2D eigenvalue weighted by Gasteiger charge is 2.16. The van der Waals surface area contributed by atoms with Crippen molar-refractivity contribution in [2.45, 2.75) is 60.0 Å². The predicted molar refractivity (Wildman–Crippen MR) is 130 cm³/mol. The average Bonchev–Trinajstić information content (AvgIpc) is 3.16. The summed E-state index contributed by atoms with van der Waals surface area (Å²) in [5, 5.41) is 3.10. The fourth-order valence-corrected chi connectivity index (χ4v) is 3.78. The van der Waals surface area contributed by atoms with Gasteiger partial charge in [-0.05, 0) is 68.1 Å². The monoisotopic (exact) mass is 417 g/mol. The standard InChI is InChI=1S/C27H35N3O/c1-5-6-7-15-30(27(31)28-25-14-13-22(3)23(4)18-25)20-26-12-9-16-29(26)19-24-11-8-10-21(2)17-24/h8-14,16-18H,5-7,15,19-20H2,1-4H3,(H,28,31). The zero-order valence-corrected chi connectivity index (χ0v) is 19.3. The van der Waals surface area contributed by atoms with Crippen LogP contribution < -0.4 is 5.32 Å². The van der Waals surface area contributed by atoms with Crippen molar-refractivity contribution < 1.29 is 4.79 Å². The number of unbranched alkanes of at least 4 members (excludes halogenated alkanes) is 2. The van der Waals surface area contributed by atoms with Crippen LogP contribution in [0.2, 0.25) is 0 Å². The molecular weight excluding hydrogens is 382 g/mol. The maximum absolute atomic E-state index is 13.1. The molecule has 0 atom stereocenters. The molecule has 4 nitrogen and oxygen atoms in total. The number of carbonyl (C=O) groups is 1. The van der Waals surface area contributed by atoms with Crippen LogP contribution in [0.15, 0.2) is 60.8 Å². The van der Waals surface area contributed by atoms with Gasteiger partial charge in [0.2, 0.25) is 0 Å². The Balaban J connectivity index is 1.74. The van der Waals surface area contributed by atoms with E-state index in [4.69, 9.17) is 0 Å². The van der Waals surface area contributed by atoms with Crippen molar-refractivity contribution >= 4 is 11.7 Å². The van der Waals surface area contributed by atoms with Crippen molar-refractivity contribution in [3.8, 4) is 0 Å². The van der Waals surface area contributed by atoms with Gasteiger partial charge in [-0.25, -0.2) is 4.79 Å². The first-order valence-electron chi connectivity index (χ1n) is 11.3. The van der Waals surface area contributed by atoms with Gasteiger partial charge in [0.15, 0.2) is 0 Å². The number of nitrogens with zero attached hydrogens (tertiary/aromatic N) is 2. The molecule has 0 aliphatic rings. The summed E-state index contributed by atoms with van der Waals surface area (Å²) in [6.45, 7) is 10.6. The van der Waals surface area contributed by atoms with E-state index in [2.05, 4.69) is 86.2 Å². The molecule has 0 aliphatic heterocycles. The lowest BCUT2D eigenvalue weighted by molar-refractivity contribution is 0.206. The molecule has 164 valence electrons. The molecule has 0 spiro atoms. The van der Waals surface area contributed by atoms with Crippen LogP contribution >= 0.6 is 0 Å². The second kappa shape index (κ2) is 10.9. The van der Waals surface area contributed by atoms with Crippen LogP contribution in [-0.4, -0.2) is 22.0 Å². The number of amides is 2. The van der Waals surface area contributed by atoms with Gasteiger partial charge in [-0.1, -0.05) is 55.7 Å². The summed E-state index contributed by atoms with van der Waals surface area (Å²) in [5.41, 5.74) is 6.95. The highest BCUT2D eigenvalue weighted by atomic mass is 16.2. The second-order valence-corrected chi connectivity index (χ2v) is 8.47. The van der Waals surface area contributed by atoms with E-state index in [1.54, 1.807) is 0 Å². The summed E-state index contributed by atoms with van der Waals surface area (Å²) in [4.78, 5) is 15.1. The molecule has 2 aromatic carbocycles. The first kappa shape index (κ1) is 22.7. The van der Waals surface area contributed by atoms with Crippen LogP contribution in [0.3, 0.4) is 0 Å². The van der Waals surface area contributed by atoms with Gasteiger partial charge >= 0.3 is 6.03 Å². The minimum Gasteiger partial charge on any atom is -0.345 e. The molecule has 0 saturated heterocycles. The number of rotatable bonds is 9. The van der Waals surface area contributed by atoms with Crippen molar-refractivity contribution in [3.63, 3.8) is 0 Å². The lowest BCUT2D eigenvalue weighted by atomic mass is 10.1. The minimum absolute atomic E-state index is 0.0392. The number of urea groups is 1. The van der Waals surface area contributed by atoms with E-state index in [1.165, 1.54) is 22.3 Å². The van der Waals surface area contributed by atoms with Gasteiger partial charge in [0.1, 0.15) is 0 Å². The summed E-state index contributed by atoms with van der Waals surface area (Å²) in [6, 6.07) is 18.8. The Morgan fingerprint density at radius 1 is 0.968 bits per heavy atom. The number of hydrogen-bond donors (Lipinski definition) is 1. The molecule has 0 unspecified atom stereocenters. The normalized spacial score (nSPS) is 10.8. The molecule has 2 amide bonds. The number of benzene rings is 2. The van der Waals surface area contributed by atoms with Crippen molar-refractivity contribution in [3.05, 3.63) is 88.7 Å². The average molecular weight is 418 g/mol. The topological polar surface area (TPSA) is 37.3 Å². The molecule has 4 heteroatoms. The molecule has 0 aliphatic carbocycles. The number of nitrogens with one attached hydrogen (secondary N) is 1. The van der Waals surface area contributed by atoms with Crippen LogP contribution in [0.25, 0.3) is 0 Å². The van der Waals surface area contributed by atoms with Crippen molar-refractivity contribution in [2.75, 3.05) is 11.9 Å². The zero-order chi connectivity index (χ0) is 22.2. The fraction of sp³-hybridized carbons (Fsp3) is 0.370. The lowest BCUT2D eigenvalue weighted by Gasteiger charge is -2.24. The molecule has 0 radical (unpaired) electrons. The molecule has 0 bridgehead atoms. The highest BCUT2D eigenvalue weighted by molar-refractivity contribution is 5.89. The van der Waals surface area contributed by atoms with Gasteiger partial charge in [-0.2, -0.15) is 0 Å². The van der Waals surface area contributed by atoms with Gasteiger partial charge < -0.3 is 14.8 Å². The van der Waals surface area contributed by atoms with E-state index in [9.17, 15) is 4.79 Å². The smallest absolute Gasteiger partial charge is 0.322 e. The molecular formula is C27H35N3O. The van der Waals surface area contributed by atoms with Crippen molar-refractivity contribution in [1.82, 2.24) is 9.47 Å². The summed E-state index contributed by atoms with van der Waals surface area (Å²) >= 11 is 0. The second-order valence-electron chi connectivity index (χ2n) is 8.47. The quantitative estimate of drug-likeness (QED) is 0.387. The molecule has 1 aromatic heterocycles. The van der Waals surface area contributed by atoms with Gasteiger partial charge in [0.25, 0.3) is 0 Å². The Labute approximate surface area is 186 Å². The summed E-state index contributed by atoms with van der Waals surface area (Å²) in [6.07, 6.45) is 5.37. The maximum atomic E-state index is 13.1. The zero-order valence-electron chi connectivity index (χ0n) is 19.3. The van der Waals surface area contributed by atoms with Gasteiger partial charge in [-0.15, -0.1) is 0 Å². The first-order valence-corrected chi connectivity index (χ1v) is 11.3. The number of anilines is 1. The van der Waals surface area contributed by atoms with E-state index in [0.717, 1.165) is 43.7 Å². The molecule has 3 aromatic rings.